The van der Waals surface area contributed by atoms with Crippen molar-refractivity contribution in [2.24, 2.45) is 0 Å². The van der Waals surface area contributed by atoms with Crippen LogP contribution >= 0.6 is 11.6 Å². The van der Waals surface area contributed by atoms with Crippen molar-refractivity contribution < 1.29 is 18.8 Å². The molecule has 3 rings (SSSR count). The standard InChI is InChI=1S/C17H13ClN2O4/c1-22-14-8-7-12(18)9-13(14)17(21)23-10-15-19-16(20-24-15)11-5-3-2-4-6-11/h2-9H,10H2,1H3. The van der Waals surface area contributed by atoms with Crippen molar-refractivity contribution in [2.75, 3.05) is 7.11 Å². The Kier molecular flexibility index (Phi) is 4.77. The van der Waals surface area contributed by atoms with Crippen LogP contribution in [0.15, 0.2) is 53.1 Å². The summed E-state index contributed by atoms with van der Waals surface area (Å²) >= 11 is 5.90. The van der Waals surface area contributed by atoms with Crippen LogP contribution in [0.3, 0.4) is 0 Å². The fourth-order valence-corrected chi connectivity index (χ4v) is 2.23. The van der Waals surface area contributed by atoms with E-state index in [9.17, 15) is 4.79 Å². The number of carbonyl (C=O) groups excluding carboxylic acids is 1. The summed E-state index contributed by atoms with van der Waals surface area (Å²) in [6, 6.07) is 14.1. The first-order valence-corrected chi connectivity index (χ1v) is 7.44. The first-order chi connectivity index (χ1) is 11.7. The number of carbonyl (C=O) groups is 1. The fraction of sp³-hybridized carbons (Fsp3) is 0.118. The summed E-state index contributed by atoms with van der Waals surface area (Å²) in [5.41, 5.74) is 1.04. The maximum atomic E-state index is 12.2. The van der Waals surface area contributed by atoms with Crippen LogP contribution in [0.25, 0.3) is 11.4 Å². The van der Waals surface area contributed by atoms with Gasteiger partial charge in [-0.05, 0) is 18.2 Å². The predicted octanol–water partition coefficient (Wildman–Crippen LogP) is 3.76. The third-order valence-electron chi connectivity index (χ3n) is 3.21. The normalized spacial score (nSPS) is 10.4. The monoisotopic (exact) mass is 344 g/mol. The summed E-state index contributed by atoms with van der Waals surface area (Å²) < 4.78 is 15.4. The van der Waals surface area contributed by atoms with Gasteiger partial charge in [-0.2, -0.15) is 4.98 Å². The molecular formula is C17H13ClN2O4. The number of methoxy groups -OCH3 is 1. The zero-order chi connectivity index (χ0) is 16.9. The molecule has 0 fully saturated rings. The summed E-state index contributed by atoms with van der Waals surface area (Å²) in [5.74, 6) is 0.416. The van der Waals surface area contributed by atoms with E-state index in [0.29, 0.717) is 16.6 Å². The van der Waals surface area contributed by atoms with Crippen molar-refractivity contribution in [3.63, 3.8) is 0 Å². The molecule has 0 radical (unpaired) electrons. The lowest BCUT2D eigenvalue weighted by Gasteiger charge is -2.07. The lowest BCUT2D eigenvalue weighted by Crippen LogP contribution is -2.07. The second-order valence-electron chi connectivity index (χ2n) is 4.80. The Bertz CT molecular complexity index is 849. The minimum Gasteiger partial charge on any atom is -0.496 e. The Morgan fingerprint density at radius 2 is 2.00 bits per heavy atom. The van der Waals surface area contributed by atoms with Gasteiger partial charge in [-0.15, -0.1) is 0 Å². The maximum Gasteiger partial charge on any atom is 0.342 e. The van der Waals surface area contributed by atoms with E-state index in [1.54, 1.807) is 12.1 Å². The molecule has 0 aliphatic rings. The smallest absolute Gasteiger partial charge is 0.342 e. The Morgan fingerprint density at radius 1 is 1.21 bits per heavy atom. The minimum atomic E-state index is -0.589. The van der Waals surface area contributed by atoms with Gasteiger partial charge in [0.2, 0.25) is 5.82 Å². The highest BCUT2D eigenvalue weighted by molar-refractivity contribution is 6.31. The molecule has 1 heterocycles. The van der Waals surface area contributed by atoms with E-state index in [0.717, 1.165) is 5.56 Å². The van der Waals surface area contributed by atoms with E-state index in [4.69, 9.17) is 25.6 Å². The number of benzene rings is 2. The molecule has 0 N–H and O–H groups in total. The Balaban J connectivity index is 1.69. The molecule has 0 amide bonds. The molecule has 7 heteroatoms. The highest BCUT2D eigenvalue weighted by Gasteiger charge is 2.16. The average molecular weight is 345 g/mol. The molecule has 0 spiro atoms. The number of ether oxygens (including phenoxy) is 2. The van der Waals surface area contributed by atoms with Crippen molar-refractivity contribution in [1.82, 2.24) is 10.1 Å². The number of hydrogen-bond acceptors (Lipinski definition) is 6. The van der Waals surface area contributed by atoms with Crippen LogP contribution in [-0.2, 0) is 11.3 Å². The molecule has 0 saturated carbocycles. The van der Waals surface area contributed by atoms with Crippen LogP contribution < -0.4 is 4.74 Å². The topological polar surface area (TPSA) is 74.5 Å². The lowest BCUT2D eigenvalue weighted by atomic mass is 10.2. The third kappa shape index (κ3) is 3.55. The molecule has 0 aliphatic heterocycles. The van der Waals surface area contributed by atoms with Gasteiger partial charge in [-0.1, -0.05) is 47.1 Å². The van der Waals surface area contributed by atoms with Gasteiger partial charge < -0.3 is 14.0 Å². The van der Waals surface area contributed by atoms with Crippen LogP contribution in [0.2, 0.25) is 5.02 Å². The van der Waals surface area contributed by atoms with E-state index >= 15 is 0 Å². The molecule has 6 nitrogen and oxygen atoms in total. The van der Waals surface area contributed by atoms with Gasteiger partial charge in [0.25, 0.3) is 5.89 Å². The molecule has 0 aliphatic carbocycles. The summed E-state index contributed by atoms with van der Waals surface area (Å²) in [5, 5.41) is 4.27. The van der Waals surface area contributed by atoms with Crippen LogP contribution in [0.1, 0.15) is 16.2 Å². The van der Waals surface area contributed by atoms with Gasteiger partial charge in [-0.25, -0.2) is 4.79 Å². The largest absolute Gasteiger partial charge is 0.496 e. The van der Waals surface area contributed by atoms with Gasteiger partial charge in [0.15, 0.2) is 6.61 Å². The van der Waals surface area contributed by atoms with Crippen molar-refractivity contribution in [1.29, 1.82) is 0 Å². The molecule has 1 aromatic heterocycles. The van der Waals surface area contributed by atoms with Crippen molar-refractivity contribution >= 4 is 17.6 Å². The molecule has 0 atom stereocenters. The van der Waals surface area contributed by atoms with Crippen LogP contribution in [0, 0.1) is 0 Å². The highest BCUT2D eigenvalue weighted by atomic mass is 35.5. The van der Waals surface area contributed by atoms with E-state index in [1.807, 2.05) is 30.3 Å². The molecule has 122 valence electrons. The third-order valence-corrected chi connectivity index (χ3v) is 3.44. The molecule has 0 saturated heterocycles. The molecular weight excluding hydrogens is 332 g/mol. The summed E-state index contributed by atoms with van der Waals surface area (Å²) in [6.45, 7) is -0.145. The zero-order valence-corrected chi connectivity index (χ0v) is 13.5. The van der Waals surface area contributed by atoms with Gasteiger partial charge >= 0.3 is 5.97 Å². The van der Waals surface area contributed by atoms with Crippen molar-refractivity contribution in [3.05, 3.63) is 65.0 Å². The Labute approximate surface area is 143 Å². The van der Waals surface area contributed by atoms with Crippen LogP contribution in [0.5, 0.6) is 5.75 Å². The molecule has 3 aromatic rings. The van der Waals surface area contributed by atoms with Crippen molar-refractivity contribution in [2.45, 2.75) is 6.61 Å². The first-order valence-electron chi connectivity index (χ1n) is 7.06. The number of esters is 1. The summed E-state index contributed by atoms with van der Waals surface area (Å²) in [6.07, 6.45) is 0. The Hall–Kier alpha value is -2.86. The number of aromatic nitrogens is 2. The van der Waals surface area contributed by atoms with Gasteiger partial charge in [0.1, 0.15) is 11.3 Å². The highest BCUT2D eigenvalue weighted by Crippen LogP contribution is 2.24. The predicted molar refractivity (Wildman–Crippen MR) is 86.9 cm³/mol. The first kappa shape index (κ1) is 16.0. The van der Waals surface area contributed by atoms with E-state index in [1.165, 1.54) is 13.2 Å². The SMILES string of the molecule is COc1ccc(Cl)cc1C(=O)OCc1nc(-c2ccccc2)no1. The minimum absolute atomic E-state index is 0.145. The van der Waals surface area contributed by atoms with Crippen LogP contribution in [-0.4, -0.2) is 23.2 Å². The molecule has 24 heavy (non-hydrogen) atoms. The number of hydrogen-bond donors (Lipinski definition) is 0. The average Bonchev–Trinajstić information content (AvgIpc) is 3.09. The molecule has 0 bridgehead atoms. The number of nitrogens with zero attached hydrogens (tertiary/aromatic N) is 2. The molecule has 0 unspecified atom stereocenters. The van der Waals surface area contributed by atoms with Gasteiger partial charge in [0.05, 0.1) is 7.11 Å². The maximum absolute atomic E-state index is 12.2. The zero-order valence-electron chi connectivity index (χ0n) is 12.7. The Morgan fingerprint density at radius 3 is 2.75 bits per heavy atom. The van der Waals surface area contributed by atoms with Gasteiger partial charge in [0, 0.05) is 10.6 Å². The number of rotatable bonds is 5. The second-order valence-corrected chi connectivity index (χ2v) is 5.23. The van der Waals surface area contributed by atoms with E-state index in [-0.39, 0.29) is 18.1 Å². The summed E-state index contributed by atoms with van der Waals surface area (Å²) in [4.78, 5) is 16.4. The lowest BCUT2D eigenvalue weighted by molar-refractivity contribution is 0.0426. The summed E-state index contributed by atoms with van der Waals surface area (Å²) in [7, 11) is 1.46. The number of halogens is 1. The van der Waals surface area contributed by atoms with E-state index < -0.39 is 5.97 Å². The van der Waals surface area contributed by atoms with E-state index in [2.05, 4.69) is 10.1 Å². The van der Waals surface area contributed by atoms with Gasteiger partial charge in [-0.3, -0.25) is 0 Å². The second kappa shape index (κ2) is 7.14. The molecule has 2 aromatic carbocycles. The fourth-order valence-electron chi connectivity index (χ4n) is 2.06. The van der Waals surface area contributed by atoms with Crippen molar-refractivity contribution in [3.8, 4) is 17.1 Å². The van der Waals surface area contributed by atoms with Crippen LogP contribution in [0.4, 0.5) is 0 Å². The quantitative estimate of drug-likeness (QED) is 0.656.